The summed E-state index contributed by atoms with van der Waals surface area (Å²) in [5.74, 6) is 0. The molecule has 0 heterocycles. The molecule has 2 aromatic rings. The summed E-state index contributed by atoms with van der Waals surface area (Å²) in [6.07, 6.45) is 1.83. The van der Waals surface area contributed by atoms with Crippen LogP contribution in [0.15, 0.2) is 57.8 Å². The zero-order valence-corrected chi connectivity index (χ0v) is 13.1. The van der Waals surface area contributed by atoms with Gasteiger partial charge in [-0.05, 0) is 11.6 Å². The Balaban J connectivity index is 2.65. The zero-order chi connectivity index (χ0) is 16.2. The highest BCUT2D eigenvalue weighted by atomic mass is 32.2. The van der Waals surface area contributed by atoms with Crippen LogP contribution in [0.5, 0.6) is 0 Å². The fourth-order valence-electron chi connectivity index (χ4n) is 1.89. The maximum absolute atomic E-state index is 12.5. The van der Waals surface area contributed by atoms with E-state index in [0.717, 1.165) is 5.56 Å². The van der Waals surface area contributed by atoms with Crippen molar-refractivity contribution in [1.29, 1.82) is 0 Å². The molecule has 0 bridgehead atoms. The molecule has 0 amide bonds. The first-order chi connectivity index (χ1) is 10.4. The molecule has 0 spiro atoms. The first-order valence-electron chi connectivity index (χ1n) is 6.55. The average Bonchev–Trinajstić information content (AvgIpc) is 2.53. The van der Waals surface area contributed by atoms with Gasteiger partial charge in [0, 0.05) is 25.2 Å². The third-order valence-corrected chi connectivity index (χ3v) is 4.19. The van der Waals surface area contributed by atoms with Crippen LogP contribution in [0, 0.1) is 0 Å². The van der Waals surface area contributed by atoms with Crippen LogP contribution in [0.25, 0.3) is 11.1 Å². The Kier molecular flexibility index (Phi) is 4.72. The Morgan fingerprint density at radius 3 is 2.32 bits per heavy atom. The second kappa shape index (κ2) is 6.53. The first kappa shape index (κ1) is 15.9. The standard InChI is InChI=1S/C16H16N2O3S/c1-18(2)12-17-22(20,21)16-10-13(11-19)8-9-15(16)14-6-4-3-5-7-14/h3-12H,1-2H3/b17-12+. The SMILES string of the molecule is CN(C)/C=N/S(=O)(=O)c1cc(C=O)ccc1-c1ccccc1. The van der Waals surface area contributed by atoms with Crippen LogP contribution in [-0.4, -0.2) is 40.0 Å². The quantitative estimate of drug-likeness (QED) is 0.483. The molecule has 0 N–H and O–H groups in total. The molecule has 0 saturated carbocycles. The van der Waals surface area contributed by atoms with E-state index in [9.17, 15) is 13.2 Å². The number of sulfonamides is 1. The maximum Gasteiger partial charge on any atom is 0.284 e. The van der Waals surface area contributed by atoms with Gasteiger partial charge in [-0.15, -0.1) is 4.40 Å². The predicted molar refractivity (Wildman–Crippen MR) is 86.6 cm³/mol. The van der Waals surface area contributed by atoms with Crippen molar-refractivity contribution in [3.63, 3.8) is 0 Å². The Morgan fingerprint density at radius 1 is 1.05 bits per heavy atom. The van der Waals surface area contributed by atoms with Crippen molar-refractivity contribution in [2.75, 3.05) is 14.1 Å². The number of aldehydes is 1. The molecule has 5 nitrogen and oxygen atoms in total. The lowest BCUT2D eigenvalue weighted by Gasteiger charge is -2.10. The summed E-state index contributed by atoms with van der Waals surface area (Å²) in [7, 11) is -0.539. The largest absolute Gasteiger partial charge is 0.368 e. The van der Waals surface area contributed by atoms with Crippen LogP contribution in [0.3, 0.4) is 0 Å². The van der Waals surface area contributed by atoms with Gasteiger partial charge >= 0.3 is 0 Å². The summed E-state index contributed by atoms with van der Waals surface area (Å²) in [5, 5.41) is 0. The Bertz CT molecular complexity index is 797. The average molecular weight is 316 g/mol. The lowest BCUT2D eigenvalue weighted by Crippen LogP contribution is -2.10. The number of rotatable bonds is 5. The fraction of sp³-hybridized carbons (Fsp3) is 0.125. The molecule has 0 aromatic heterocycles. The van der Waals surface area contributed by atoms with Gasteiger partial charge in [0.1, 0.15) is 12.6 Å². The van der Waals surface area contributed by atoms with Crippen molar-refractivity contribution < 1.29 is 13.2 Å². The molecular formula is C16H16N2O3S. The van der Waals surface area contributed by atoms with Crippen LogP contribution < -0.4 is 0 Å². The predicted octanol–water partition coefficient (Wildman–Crippen LogP) is 2.44. The highest BCUT2D eigenvalue weighted by molar-refractivity contribution is 7.90. The highest BCUT2D eigenvalue weighted by Gasteiger charge is 2.19. The van der Waals surface area contributed by atoms with E-state index in [2.05, 4.69) is 4.40 Å². The van der Waals surface area contributed by atoms with Crippen molar-refractivity contribution in [2.45, 2.75) is 4.90 Å². The van der Waals surface area contributed by atoms with E-state index in [4.69, 9.17) is 0 Å². The van der Waals surface area contributed by atoms with Crippen molar-refractivity contribution in [3.05, 3.63) is 54.1 Å². The van der Waals surface area contributed by atoms with Crippen molar-refractivity contribution in [3.8, 4) is 11.1 Å². The summed E-state index contributed by atoms with van der Waals surface area (Å²) in [6.45, 7) is 0. The molecule has 6 heteroatoms. The minimum atomic E-state index is -3.90. The molecule has 0 aliphatic heterocycles. The van der Waals surface area contributed by atoms with E-state index in [1.165, 1.54) is 17.3 Å². The van der Waals surface area contributed by atoms with Gasteiger partial charge < -0.3 is 4.90 Å². The van der Waals surface area contributed by atoms with Crippen molar-refractivity contribution in [2.24, 2.45) is 4.40 Å². The maximum atomic E-state index is 12.5. The van der Waals surface area contributed by atoms with Crippen LogP contribution in [-0.2, 0) is 10.0 Å². The van der Waals surface area contributed by atoms with Gasteiger partial charge in [0.15, 0.2) is 0 Å². The van der Waals surface area contributed by atoms with Crippen molar-refractivity contribution in [1.82, 2.24) is 4.90 Å². The summed E-state index contributed by atoms with van der Waals surface area (Å²) in [6, 6.07) is 13.7. The van der Waals surface area contributed by atoms with Gasteiger partial charge in [-0.3, -0.25) is 4.79 Å². The Morgan fingerprint density at radius 2 is 1.73 bits per heavy atom. The molecule has 2 aromatic carbocycles. The third kappa shape index (κ3) is 3.59. The van der Waals surface area contributed by atoms with E-state index >= 15 is 0 Å². The van der Waals surface area contributed by atoms with Gasteiger partial charge in [-0.25, -0.2) is 0 Å². The molecule has 0 saturated heterocycles. The second-order valence-electron chi connectivity index (χ2n) is 4.90. The third-order valence-electron chi connectivity index (χ3n) is 2.92. The normalized spacial score (nSPS) is 11.5. The summed E-state index contributed by atoms with van der Waals surface area (Å²) >= 11 is 0. The second-order valence-corrected chi connectivity index (χ2v) is 6.50. The van der Waals surface area contributed by atoms with Gasteiger partial charge in [-0.2, -0.15) is 8.42 Å². The topological polar surface area (TPSA) is 66.8 Å². The molecular weight excluding hydrogens is 300 g/mol. The number of hydrogen-bond donors (Lipinski definition) is 0. The molecule has 2 rings (SSSR count). The Hall–Kier alpha value is -2.47. The lowest BCUT2D eigenvalue weighted by atomic mass is 10.0. The Labute approximate surface area is 130 Å². The summed E-state index contributed by atoms with van der Waals surface area (Å²) < 4.78 is 28.6. The minimum Gasteiger partial charge on any atom is -0.368 e. The lowest BCUT2D eigenvalue weighted by molar-refractivity contribution is 0.112. The smallest absolute Gasteiger partial charge is 0.284 e. The minimum absolute atomic E-state index is 0.0152. The van der Waals surface area contributed by atoms with E-state index in [0.29, 0.717) is 17.4 Å². The first-order valence-corrected chi connectivity index (χ1v) is 7.99. The van der Waals surface area contributed by atoms with Gasteiger partial charge in [0.2, 0.25) is 0 Å². The molecule has 114 valence electrons. The van der Waals surface area contributed by atoms with E-state index < -0.39 is 10.0 Å². The number of benzene rings is 2. The van der Waals surface area contributed by atoms with Gasteiger partial charge in [-0.1, -0.05) is 42.5 Å². The molecule has 22 heavy (non-hydrogen) atoms. The van der Waals surface area contributed by atoms with E-state index in [-0.39, 0.29) is 4.90 Å². The van der Waals surface area contributed by atoms with Crippen LogP contribution in [0.2, 0.25) is 0 Å². The number of nitrogens with zero attached hydrogens (tertiary/aromatic N) is 2. The molecule has 0 fully saturated rings. The zero-order valence-electron chi connectivity index (χ0n) is 12.3. The van der Waals surface area contributed by atoms with Gasteiger partial charge in [0.05, 0.1) is 4.90 Å². The van der Waals surface area contributed by atoms with Crippen LogP contribution in [0.4, 0.5) is 0 Å². The van der Waals surface area contributed by atoms with Gasteiger partial charge in [0.25, 0.3) is 10.0 Å². The number of carbonyl (C=O) groups excluding carboxylic acids is 1. The summed E-state index contributed by atoms with van der Waals surface area (Å²) in [5.41, 5.74) is 1.55. The highest BCUT2D eigenvalue weighted by Crippen LogP contribution is 2.29. The molecule has 0 aliphatic carbocycles. The van der Waals surface area contributed by atoms with Crippen LogP contribution in [0.1, 0.15) is 10.4 Å². The molecule has 0 aliphatic rings. The molecule has 0 radical (unpaired) electrons. The molecule has 0 unspecified atom stereocenters. The van der Waals surface area contributed by atoms with E-state index in [1.54, 1.807) is 26.2 Å². The number of carbonyl (C=O) groups is 1. The number of hydrogen-bond acceptors (Lipinski definition) is 3. The summed E-state index contributed by atoms with van der Waals surface area (Å²) in [4.78, 5) is 12.5. The van der Waals surface area contributed by atoms with Crippen molar-refractivity contribution >= 4 is 22.6 Å². The monoisotopic (exact) mass is 316 g/mol. The fourth-order valence-corrected chi connectivity index (χ4v) is 3.07. The van der Waals surface area contributed by atoms with Crippen LogP contribution >= 0.6 is 0 Å². The van der Waals surface area contributed by atoms with E-state index in [1.807, 2.05) is 30.3 Å². The molecule has 0 atom stereocenters.